The van der Waals surface area contributed by atoms with Crippen molar-refractivity contribution < 1.29 is 0 Å². The van der Waals surface area contributed by atoms with Crippen molar-refractivity contribution in [2.45, 2.75) is 77.0 Å². The van der Waals surface area contributed by atoms with Gasteiger partial charge in [-0.2, -0.15) is 0 Å². The quantitative estimate of drug-likeness (QED) is 0.194. The summed E-state index contributed by atoms with van der Waals surface area (Å²) in [5, 5.41) is 0. The fourth-order valence-corrected chi connectivity index (χ4v) is 10.1. The molecular weight excluding hydrogens is 560 g/mol. The monoisotopic (exact) mass is 602 g/mol. The maximum absolute atomic E-state index is 4.90. The van der Waals surface area contributed by atoms with Crippen LogP contribution in [0.1, 0.15) is 97.6 Å². The first kappa shape index (κ1) is 28.1. The minimum atomic E-state index is 0.316. The third kappa shape index (κ3) is 4.18. The third-order valence-electron chi connectivity index (χ3n) is 12.9. The molecule has 4 nitrogen and oxygen atoms in total. The van der Waals surface area contributed by atoms with Gasteiger partial charge >= 0.3 is 0 Å². The molecule has 0 spiro atoms. The molecule has 4 bridgehead atoms. The average molecular weight is 603 g/mol. The van der Waals surface area contributed by atoms with E-state index >= 15 is 0 Å². The van der Waals surface area contributed by atoms with Crippen molar-refractivity contribution in [2.24, 2.45) is 22.7 Å². The molecule has 4 heteroatoms. The molecule has 0 N–H and O–H groups in total. The molecule has 230 valence electrons. The lowest BCUT2D eigenvalue weighted by Gasteiger charge is -2.60. The van der Waals surface area contributed by atoms with Crippen LogP contribution in [0.15, 0.2) is 97.6 Å². The molecule has 0 saturated heterocycles. The van der Waals surface area contributed by atoms with E-state index in [4.69, 9.17) is 9.97 Å². The standard InChI is InChI=1S/C42H42N4/c1-41(2)33-21-35(41)31-23-45-39(37-9-5-7-15-43-37)19-27(31)29(33)17-25-11-13-26(14-12-25)18-30-28-20-40(38-10-6-8-16-44-38)46-24-32(28)36-22-34(30)42(36,3)4/h5-16,19-20,23-24,29-30,33-36H,17-18,21-22H2,1-4H3/t29-,30?,33?,34-,35-,36+/m0/s1. The molecule has 2 saturated carbocycles. The first-order valence-corrected chi connectivity index (χ1v) is 17.2. The second kappa shape index (κ2) is 10.2. The highest BCUT2D eigenvalue weighted by atomic mass is 14.8. The molecular formula is C42H42N4. The lowest BCUT2D eigenvalue weighted by atomic mass is 9.43. The molecule has 0 aliphatic heterocycles. The van der Waals surface area contributed by atoms with E-state index in [0.29, 0.717) is 46.3 Å². The Morgan fingerprint density at radius 2 is 0.957 bits per heavy atom. The van der Waals surface area contributed by atoms with E-state index in [9.17, 15) is 0 Å². The average Bonchev–Trinajstić information content (AvgIpc) is 3.09. The molecule has 2 fully saturated rings. The summed E-state index contributed by atoms with van der Waals surface area (Å²) >= 11 is 0. The minimum Gasteiger partial charge on any atom is -0.255 e. The lowest BCUT2D eigenvalue weighted by molar-refractivity contribution is -0.00603. The molecule has 2 unspecified atom stereocenters. The van der Waals surface area contributed by atoms with Gasteiger partial charge in [-0.3, -0.25) is 19.9 Å². The summed E-state index contributed by atoms with van der Waals surface area (Å²) in [7, 11) is 0. The SMILES string of the molecule is CC1(C)C2C[C@H]1c1cnc(-c3ccccn3)cc1[C@@H]2Cc1ccc(CC2c3cc(-c4ccccn4)ncc3[C@H]3C[C@@H]2C3(C)C)cc1. The van der Waals surface area contributed by atoms with Crippen molar-refractivity contribution in [1.82, 2.24) is 19.9 Å². The first-order chi connectivity index (χ1) is 22.3. The summed E-state index contributed by atoms with van der Waals surface area (Å²) in [5.74, 6) is 3.61. The van der Waals surface area contributed by atoms with Crippen molar-refractivity contribution >= 4 is 0 Å². The van der Waals surface area contributed by atoms with Crippen molar-refractivity contribution in [1.29, 1.82) is 0 Å². The predicted molar refractivity (Wildman–Crippen MR) is 184 cm³/mol. The normalized spacial score (nSPS) is 27.5. The molecule has 6 atom stereocenters. The summed E-state index contributed by atoms with van der Waals surface area (Å²) in [6.07, 6.45) is 12.8. The summed E-state index contributed by atoms with van der Waals surface area (Å²) in [6.45, 7) is 9.89. The fraction of sp³-hybridized carbons (Fsp3) is 0.381. The lowest BCUT2D eigenvalue weighted by Crippen LogP contribution is -2.51. The zero-order chi connectivity index (χ0) is 31.2. The van der Waals surface area contributed by atoms with Gasteiger partial charge in [0.2, 0.25) is 0 Å². The highest BCUT2D eigenvalue weighted by Crippen LogP contribution is 2.68. The highest BCUT2D eigenvalue weighted by molar-refractivity contribution is 5.59. The minimum absolute atomic E-state index is 0.316. The molecule has 5 aromatic rings. The van der Waals surface area contributed by atoms with Crippen LogP contribution in [-0.4, -0.2) is 19.9 Å². The first-order valence-electron chi connectivity index (χ1n) is 17.2. The number of pyridine rings is 4. The Kier molecular flexibility index (Phi) is 6.20. The van der Waals surface area contributed by atoms with E-state index in [1.54, 1.807) is 0 Å². The van der Waals surface area contributed by atoms with E-state index < -0.39 is 0 Å². The zero-order valence-corrected chi connectivity index (χ0v) is 27.3. The Morgan fingerprint density at radius 3 is 1.33 bits per heavy atom. The van der Waals surface area contributed by atoms with Crippen LogP contribution in [0.5, 0.6) is 0 Å². The fourth-order valence-electron chi connectivity index (χ4n) is 10.1. The second-order valence-electron chi connectivity index (χ2n) is 15.7. The van der Waals surface area contributed by atoms with Gasteiger partial charge in [-0.05, 0) is 142 Å². The second-order valence-corrected chi connectivity index (χ2v) is 15.7. The van der Waals surface area contributed by atoms with Crippen LogP contribution in [0.3, 0.4) is 0 Å². The van der Waals surface area contributed by atoms with Gasteiger partial charge in [-0.25, -0.2) is 0 Å². The summed E-state index contributed by atoms with van der Waals surface area (Å²) < 4.78 is 0. The van der Waals surface area contributed by atoms with Crippen LogP contribution in [0.4, 0.5) is 0 Å². The van der Waals surface area contributed by atoms with E-state index in [-0.39, 0.29) is 0 Å². The van der Waals surface area contributed by atoms with E-state index in [1.165, 1.54) is 46.2 Å². The van der Waals surface area contributed by atoms with Gasteiger partial charge in [0.05, 0.1) is 22.8 Å². The maximum Gasteiger partial charge on any atom is 0.0889 e. The van der Waals surface area contributed by atoms with Gasteiger partial charge in [0.25, 0.3) is 0 Å². The molecule has 4 aromatic heterocycles. The van der Waals surface area contributed by atoms with Crippen LogP contribution in [0, 0.1) is 22.7 Å². The Labute approximate surface area is 272 Å². The highest BCUT2D eigenvalue weighted by Gasteiger charge is 2.58. The Bertz CT molecular complexity index is 1790. The van der Waals surface area contributed by atoms with Crippen molar-refractivity contribution in [3.8, 4) is 22.8 Å². The number of hydrogen-bond donors (Lipinski definition) is 0. The van der Waals surface area contributed by atoms with E-state index in [2.05, 4.69) is 111 Å². The van der Waals surface area contributed by atoms with Gasteiger partial charge in [0, 0.05) is 24.8 Å². The molecule has 0 amide bonds. The van der Waals surface area contributed by atoms with Crippen molar-refractivity contribution in [3.05, 3.63) is 131 Å². The van der Waals surface area contributed by atoms with Crippen LogP contribution in [-0.2, 0) is 12.8 Å². The number of rotatable bonds is 6. The summed E-state index contributed by atoms with van der Waals surface area (Å²) in [6, 6.07) is 26.6. The largest absolute Gasteiger partial charge is 0.255 e. The summed E-state index contributed by atoms with van der Waals surface area (Å²) in [5.41, 5.74) is 13.3. The molecule has 0 radical (unpaired) electrons. The Hall–Kier alpha value is -4.18. The summed E-state index contributed by atoms with van der Waals surface area (Å²) in [4.78, 5) is 19.0. The molecule has 6 aliphatic carbocycles. The number of hydrogen-bond acceptors (Lipinski definition) is 4. The van der Waals surface area contributed by atoms with Crippen LogP contribution in [0.25, 0.3) is 22.8 Å². The maximum atomic E-state index is 4.90. The van der Waals surface area contributed by atoms with Crippen molar-refractivity contribution in [2.75, 3.05) is 0 Å². The number of benzene rings is 1. The van der Waals surface area contributed by atoms with Crippen LogP contribution >= 0.6 is 0 Å². The van der Waals surface area contributed by atoms with Gasteiger partial charge in [-0.15, -0.1) is 0 Å². The van der Waals surface area contributed by atoms with Crippen molar-refractivity contribution in [3.63, 3.8) is 0 Å². The molecule has 11 rings (SSSR count). The number of aromatic nitrogens is 4. The van der Waals surface area contributed by atoms with Gasteiger partial charge in [0.1, 0.15) is 0 Å². The van der Waals surface area contributed by atoms with E-state index in [1.807, 2.05) is 24.5 Å². The van der Waals surface area contributed by atoms with Gasteiger partial charge in [0.15, 0.2) is 0 Å². The van der Waals surface area contributed by atoms with E-state index in [0.717, 1.165) is 35.6 Å². The smallest absolute Gasteiger partial charge is 0.0889 e. The third-order valence-corrected chi connectivity index (χ3v) is 12.9. The Balaban J connectivity index is 1.00. The topological polar surface area (TPSA) is 51.6 Å². The number of nitrogens with zero attached hydrogens (tertiary/aromatic N) is 4. The van der Waals surface area contributed by atoms with Crippen LogP contribution in [0.2, 0.25) is 0 Å². The van der Waals surface area contributed by atoms with Gasteiger partial charge < -0.3 is 0 Å². The Morgan fingerprint density at radius 1 is 0.522 bits per heavy atom. The predicted octanol–water partition coefficient (Wildman–Crippen LogP) is 9.54. The molecule has 1 aromatic carbocycles. The molecule has 46 heavy (non-hydrogen) atoms. The van der Waals surface area contributed by atoms with Crippen LogP contribution < -0.4 is 0 Å². The molecule has 6 aliphatic rings. The molecule has 4 heterocycles. The van der Waals surface area contributed by atoms with Gasteiger partial charge in [-0.1, -0.05) is 64.1 Å². The zero-order valence-electron chi connectivity index (χ0n) is 27.3.